The Hall–Kier alpha value is -1.68. The molecule has 2 rings (SSSR count). The van der Waals surface area contributed by atoms with Gasteiger partial charge >= 0.3 is 0 Å². The SMILES string of the molecule is CCCn1ccnc1C(N)c1ccc(C)nc1C. The Morgan fingerprint density at radius 3 is 2.78 bits per heavy atom. The van der Waals surface area contributed by atoms with E-state index >= 15 is 0 Å². The zero-order valence-electron chi connectivity index (χ0n) is 11.2. The first-order valence-corrected chi connectivity index (χ1v) is 6.34. The Morgan fingerprint density at radius 2 is 2.11 bits per heavy atom. The molecule has 0 saturated heterocycles. The number of nitrogens with zero attached hydrogens (tertiary/aromatic N) is 3. The molecule has 0 aliphatic rings. The number of rotatable bonds is 4. The molecule has 0 fully saturated rings. The highest BCUT2D eigenvalue weighted by molar-refractivity contribution is 5.29. The van der Waals surface area contributed by atoms with Crippen LogP contribution < -0.4 is 5.73 Å². The van der Waals surface area contributed by atoms with Gasteiger partial charge in [-0.05, 0) is 31.9 Å². The van der Waals surface area contributed by atoms with Crippen LogP contribution in [0.2, 0.25) is 0 Å². The molecule has 2 aromatic rings. The first-order chi connectivity index (χ1) is 8.63. The molecule has 2 N–H and O–H groups in total. The second-order valence-corrected chi connectivity index (χ2v) is 4.58. The van der Waals surface area contributed by atoms with E-state index in [1.54, 1.807) is 0 Å². The largest absolute Gasteiger partial charge is 0.333 e. The van der Waals surface area contributed by atoms with Crippen molar-refractivity contribution < 1.29 is 0 Å². The third-order valence-corrected chi connectivity index (χ3v) is 3.09. The molecule has 18 heavy (non-hydrogen) atoms. The summed E-state index contributed by atoms with van der Waals surface area (Å²) in [5.74, 6) is 0.908. The van der Waals surface area contributed by atoms with E-state index < -0.39 is 0 Å². The van der Waals surface area contributed by atoms with Crippen LogP contribution >= 0.6 is 0 Å². The minimum Gasteiger partial charge on any atom is -0.333 e. The fourth-order valence-corrected chi connectivity index (χ4v) is 2.19. The van der Waals surface area contributed by atoms with E-state index in [9.17, 15) is 0 Å². The molecule has 1 unspecified atom stereocenters. The number of aryl methyl sites for hydroxylation is 3. The molecule has 0 aliphatic heterocycles. The van der Waals surface area contributed by atoms with Crippen molar-refractivity contribution in [1.82, 2.24) is 14.5 Å². The molecule has 0 radical (unpaired) electrons. The predicted octanol–water partition coefficient (Wildman–Crippen LogP) is 2.35. The number of nitrogens with two attached hydrogens (primary N) is 1. The van der Waals surface area contributed by atoms with E-state index in [-0.39, 0.29) is 6.04 Å². The highest BCUT2D eigenvalue weighted by Crippen LogP contribution is 2.21. The Labute approximate surface area is 108 Å². The fourth-order valence-electron chi connectivity index (χ4n) is 2.19. The Bertz CT molecular complexity index is 530. The topological polar surface area (TPSA) is 56.7 Å². The lowest BCUT2D eigenvalue weighted by molar-refractivity contribution is 0.610. The van der Waals surface area contributed by atoms with Crippen molar-refractivity contribution in [2.45, 2.75) is 39.8 Å². The number of hydrogen-bond acceptors (Lipinski definition) is 3. The predicted molar refractivity (Wildman–Crippen MR) is 72.3 cm³/mol. The van der Waals surface area contributed by atoms with Crippen LogP contribution in [0.1, 0.15) is 42.2 Å². The van der Waals surface area contributed by atoms with Crippen molar-refractivity contribution in [1.29, 1.82) is 0 Å². The first-order valence-electron chi connectivity index (χ1n) is 6.34. The van der Waals surface area contributed by atoms with Gasteiger partial charge < -0.3 is 10.3 Å². The van der Waals surface area contributed by atoms with Gasteiger partial charge in [0.25, 0.3) is 0 Å². The second kappa shape index (κ2) is 5.31. The highest BCUT2D eigenvalue weighted by Gasteiger charge is 2.16. The number of imidazole rings is 1. The highest BCUT2D eigenvalue weighted by atomic mass is 15.1. The van der Waals surface area contributed by atoms with Crippen molar-refractivity contribution in [2.75, 3.05) is 0 Å². The summed E-state index contributed by atoms with van der Waals surface area (Å²) < 4.78 is 2.12. The van der Waals surface area contributed by atoms with E-state index in [0.29, 0.717) is 0 Å². The smallest absolute Gasteiger partial charge is 0.130 e. The molecule has 0 amide bonds. The summed E-state index contributed by atoms with van der Waals surface area (Å²) in [6.07, 6.45) is 4.86. The number of hydrogen-bond donors (Lipinski definition) is 1. The van der Waals surface area contributed by atoms with Gasteiger partial charge in [-0.3, -0.25) is 4.98 Å². The molecule has 4 heteroatoms. The zero-order chi connectivity index (χ0) is 13.1. The summed E-state index contributed by atoms with van der Waals surface area (Å²) >= 11 is 0. The van der Waals surface area contributed by atoms with Gasteiger partial charge in [-0.15, -0.1) is 0 Å². The molecular formula is C14H20N4. The molecule has 1 atom stereocenters. The van der Waals surface area contributed by atoms with E-state index in [1.165, 1.54) is 0 Å². The number of aromatic nitrogens is 3. The summed E-state index contributed by atoms with van der Waals surface area (Å²) in [4.78, 5) is 8.85. The lowest BCUT2D eigenvalue weighted by atomic mass is 10.1. The summed E-state index contributed by atoms with van der Waals surface area (Å²) in [5, 5.41) is 0. The van der Waals surface area contributed by atoms with Crippen molar-refractivity contribution in [3.8, 4) is 0 Å². The quantitative estimate of drug-likeness (QED) is 0.898. The van der Waals surface area contributed by atoms with Gasteiger partial charge in [-0.25, -0.2) is 4.98 Å². The number of pyridine rings is 1. The minimum atomic E-state index is -0.209. The van der Waals surface area contributed by atoms with Gasteiger partial charge in [-0.1, -0.05) is 13.0 Å². The van der Waals surface area contributed by atoms with Crippen LogP contribution in [0.4, 0.5) is 0 Å². The third kappa shape index (κ3) is 2.43. The standard InChI is InChI=1S/C14H20N4/c1-4-8-18-9-7-16-14(18)13(15)12-6-5-10(2)17-11(12)3/h5-7,9,13H,4,8,15H2,1-3H3. The van der Waals surface area contributed by atoms with Crippen LogP contribution in [0.5, 0.6) is 0 Å². The van der Waals surface area contributed by atoms with E-state index in [1.807, 2.05) is 38.4 Å². The van der Waals surface area contributed by atoms with Crippen LogP contribution in [-0.4, -0.2) is 14.5 Å². The second-order valence-electron chi connectivity index (χ2n) is 4.58. The molecular weight excluding hydrogens is 224 g/mol. The monoisotopic (exact) mass is 244 g/mol. The Morgan fingerprint density at radius 1 is 1.33 bits per heavy atom. The maximum absolute atomic E-state index is 6.32. The Balaban J connectivity index is 2.35. The summed E-state index contributed by atoms with van der Waals surface area (Å²) in [7, 11) is 0. The fraction of sp³-hybridized carbons (Fsp3) is 0.429. The summed E-state index contributed by atoms with van der Waals surface area (Å²) in [6, 6.07) is 3.84. The molecule has 96 valence electrons. The van der Waals surface area contributed by atoms with Gasteiger partial charge in [0, 0.05) is 30.3 Å². The molecule has 0 saturated carbocycles. The molecule has 2 heterocycles. The molecule has 0 aromatic carbocycles. The normalized spacial score (nSPS) is 12.7. The molecule has 2 aromatic heterocycles. The van der Waals surface area contributed by atoms with Gasteiger partial charge in [0.05, 0.1) is 6.04 Å². The maximum atomic E-state index is 6.32. The van der Waals surface area contributed by atoms with Crippen LogP contribution in [0, 0.1) is 13.8 Å². The van der Waals surface area contributed by atoms with Gasteiger partial charge in [0.15, 0.2) is 0 Å². The molecule has 0 bridgehead atoms. The lowest BCUT2D eigenvalue weighted by Gasteiger charge is -2.16. The summed E-state index contributed by atoms with van der Waals surface area (Å²) in [5.41, 5.74) is 9.36. The van der Waals surface area contributed by atoms with Crippen LogP contribution in [-0.2, 0) is 6.54 Å². The zero-order valence-corrected chi connectivity index (χ0v) is 11.2. The van der Waals surface area contributed by atoms with Crippen molar-refractivity contribution in [3.05, 3.63) is 47.3 Å². The maximum Gasteiger partial charge on any atom is 0.130 e. The Kier molecular flexibility index (Phi) is 3.77. The van der Waals surface area contributed by atoms with Crippen LogP contribution in [0.25, 0.3) is 0 Å². The van der Waals surface area contributed by atoms with Gasteiger partial charge in [0.1, 0.15) is 5.82 Å². The van der Waals surface area contributed by atoms with Crippen molar-refractivity contribution in [3.63, 3.8) is 0 Å². The van der Waals surface area contributed by atoms with E-state index in [4.69, 9.17) is 5.73 Å². The van der Waals surface area contributed by atoms with E-state index in [2.05, 4.69) is 21.5 Å². The van der Waals surface area contributed by atoms with Crippen LogP contribution in [0.3, 0.4) is 0 Å². The average Bonchev–Trinajstić information content (AvgIpc) is 2.77. The summed E-state index contributed by atoms with van der Waals surface area (Å²) in [6.45, 7) is 7.07. The third-order valence-electron chi connectivity index (χ3n) is 3.09. The molecule has 4 nitrogen and oxygen atoms in total. The van der Waals surface area contributed by atoms with Crippen molar-refractivity contribution in [2.24, 2.45) is 5.73 Å². The van der Waals surface area contributed by atoms with Crippen molar-refractivity contribution >= 4 is 0 Å². The average molecular weight is 244 g/mol. The molecule has 0 aliphatic carbocycles. The first kappa shape index (κ1) is 12.8. The lowest BCUT2D eigenvalue weighted by Crippen LogP contribution is -2.19. The van der Waals surface area contributed by atoms with Crippen LogP contribution in [0.15, 0.2) is 24.5 Å². The minimum absolute atomic E-state index is 0.209. The van der Waals surface area contributed by atoms with Gasteiger partial charge in [-0.2, -0.15) is 0 Å². The van der Waals surface area contributed by atoms with E-state index in [0.717, 1.165) is 35.7 Å². The van der Waals surface area contributed by atoms with Gasteiger partial charge in [0.2, 0.25) is 0 Å². The molecule has 0 spiro atoms.